The topological polar surface area (TPSA) is 53.8 Å². The van der Waals surface area contributed by atoms with Gasteiger partial charge in [-0.25, -0.2) is 0 Å². The second-order valence-corrected chi connectivity index (χ2v) is 4.85. The lowest BCUT2D eigenvalue weighted by Crippen LogP contribution is -2.17. The standard InChI is InChI=1S/C16H16N2O2S/c1-20-14-9-5-8-13(16(14)19)11-17-18-15(21)10-12-6-3-2-4-7-12/h2-9,11,19H,10H2,1H3,(H,18,21)/b17-11+. The summed E-state index contributed by atoms with van der Waals surface area (Å²) in [4.78, 5) is 0.611. The first kappa shape index (κ1) is 15.0. The summed E-state index contributed by atoms with van der Waals surface area (Å²) in [6, 6.07) is 15.1. The molecule has 0 aliphatic heterocycles. The van der Waals surface area contributed by atoms with Crippen molar-refractivity contribution in [3.63, 3.8) is 0 Å². The van der Waals surface area contributed by atoms with E-state index in [1.807, 2.05) is 30.3 Å². The zero-order valence-electron chi connectivity index (χ0n) is 11.6. The van der Waals surface area contributed by atoms with Gasteiger partial charge < -0.3 is 9.84 Å². The van der Waals surface area contributed by atoms with E-state index in [0.717, 1.165) is 5.56 Å². The summed E-state index contributed by atoms with van der Waals surface area (Å²) in [6.07, 6.45) is 2.13. The highest BCUT2D eigenvalue weighted by atomic mass is 32.1. The molecule has 0 amide bonds. The Morgan fingerprint density at radius 2 is 2.00 bits per heavy atom. The van der Waals surface area contributed by atoms with E-state index in [0.29, 0.717) is 22.7 Å². The fourth-order valence-corrected chi connectivity index (χ4v) is 2.02. The average molecular weight is 300 g/mol. The highest BCUT2D eigenvalue weighted by Crippen LogP contribution is 2.27. The maximum Gasteiger partial charge on any atom is 0.166 e. The van der Waals surface area contributed by atoms with Crippen molar-refractivity contribution in [2.45, 2.75) is 6.42 Å². The highest BCUT2D eigenvalue weighted by molar-refractivity contribution is 7.80. The summed E-state index contributed by atoms with van der Waals surface area (Å²) < 4.78 is 5.03. The van der Waals surface area contributed by atoms with Crippen molar-refractivity contribution >= 4 is 23.4 Å². The highest BCUT2D eigenvalue weighted by Gasteiger charge is 2.04. The van der Waals surface area contributed by atoms with Gasteiger partial charge in [0.15, 0.2) is 11.5 Å². The Kier molecular flexibility index (Phi) is 5.29. The number of methoxy groups -OCH3 is 1. The minimum absolute atomic E-state index is 0.0551. The van der Waals surface area contributed by atoms with Crippen LogP contribution in [0.15, 0.2) is 53.6 Å². The molecule has 0 fully saturated rings. The van der Waals surface area contributed by atoms with Gasteiger partial charge in [0, 0.05) is 12.0 Å². The lowest BCUT2D eigenvalue weighted by molar-refractivity contribution is 0.373. The molecule has 0 aromatic heterocycles. The van der Waals surface area contributed by atoms with Crippen molar-refractivity contribution in [2.24, 2.45) is 5.10 Å². The van der Waals surface area contributed by atoms with Crippen molar-refractivity contribution in [3.05, 3.63) is 59.7 Å². The number of phenols is 1. The maximum atomic E-state index is 9.91. The smallest absolute Gasteiger partial charge is 0.166 e. The first-order valence-corrected chi connectivity index (χ1v) is 6.83. The number of nitrogens with zero attached hydrogens (tertiary/aromatic N) is 1. The summed E-state index contributed by atoms with van der Waals surface area (Å²) >= 11 is 5.22. The van der Waals surface area contributed by atoms with Crippen molar-refractivity contribution in [1.82, 2.24) is 5.43 Å². The lowest BCUT2D eigenvalue weighted by Gasteiger charge is -2.05. The first-order valence-electron chi connectivity index (χ1n) is 6.42. The SMILES string of the molecule is COc1cccc(/C=N/NC(=S)Cc2ccccc2)c1O. The summed E-state index contributed by atoms with van der Waals surface area (Å²) in [6.45, 7) is 0. The van der Waals surface area contributed by atoms with Crippen molar-refractivity contribution < 1.29 is 9.84 Å². The number of nitrogens with one attached hydrogen (secondary N) is 1. The second-order valence-electron chi connectivity index (χ2n) is 4.35. The Labute approximate surface area is 129 Å². The van der Waals surface area contributed by atoms with Gasteiger partial charge in [0.2, 0.25) is 0 Å². The molecule has 2 N–H and O–H groups in total. The number of benzene rings is 2. The Bertz CT molecular complexity index is 642. The lowest BCUT2D eigenvalue weighted by atomic mass is 10.1. The van der Waals surface area contributed by atoms with Crippen LogP contribution >= 0.6 is 12.2 Å². The first-order chi connectivity index (χ1) is 10.2. The number of aromatic hydroxyl groups is 1. The number of rotatable bonds is 5. The Hall–Kier alpha value is -2.40. The maximum absolute atomic E-state index is 9.91. The number of phenolic OH excluding ortho intramolecular Hbond substituents is 1. The van der Waals surface area contributed by atoms with E-state index >= 15 is 0 Å². The molecule has 2 rings (SSSR count). The Balaban J connectivity index is 1.95. The van der Waals surface area contributed by atoms with Crippen molar-refractivity contribution in [2.75, 3.05) is 7.11 Å². The van der Waals surface area contributed by atoms with E-state index in [2.05, 4.69) is 10.5 Å². The third-order valence-corrected chi connectivity index (χ3v) is 3.09. The van der Waals surface area contributed by atoms with Gasteiger partial charge in [-0.1, -0.05) is 48.6 Å². The molecule has 0 radical (unpaired) electrons. The van der Waals surface area contributed by atoms with Gasteiger partial charge in [-0.2, -0.15) is 5.10 Å². The fourth-order valence-electron chi connectivity index (χ4n) is 1.80. The molecule has 4 nitrogen and oxygen atoms in total. The summed E-state index contributed by atoms with van der Waals surface area (Å²) in [5.74, 6) is 0.463. The van der Waals surface area contributed by atoms with Crippen LogP contribution in [-0.2, 0) is 6.42 Å². The van der Waals surface area contributed by atoms with E-state index in [4.69, 9.17) is 17.0 Å². The molecule has 108 valence electrons. The number of thiocarbonyl (C=S) groups is 1. The predicted molar refractivity (Wildman–Crippen MR) is 88.1 cm³/mol. The molecule has 0 bridgehead atoms. The van der Waals surface area contributed by atoms with Crippen LogP contribution in [0.25, 0.3) is 0 Å². The molecule has 0 saturated carbocycles. The molecule has 21 heavy (non-hydrogen) atoms. The minimum Gasteiger partial charge on any atom is -0.504 e. The van der Waals surface area contributed by atoms with E-state index in [1.165, 1.54) is 13.3 Å². The van der Waals surface area contributed by atoms with Crippen molar-refractivity contribution in [1.29, 1.82) is 0 Å². The predicted octanol–water partition coefficient (Wildman–Crippen LogP) is 2.89. The van der Waals surface area contributed by atoms with Crippen LogP contribution in [-0.4, -0.2) is 23.4 Å². The van der Waals surface area contributed by atoms with Crippen LogP contribution in [0.1, 0.15) is 11.1 Å². The summed E-state index contributed by atoms with van der Waals surface area (Å²) in [5, 5.41) is 14.0. The molecule has 0 atom stereocenters. The molecule has 2 aromatic carbocycles. The van der Waals surface area contributed by atoms with Gasteiger partial charge in [0.1, 0.15) is 4.99 Å². The van der Waals surface area contributed by atoms with Gasteiger partial charge in [-0.3, -0.25) is 5.43 Å². The molecule has 0 spiro atoms. The molecule has 0 aliphatic rings. The number of hydrogen-bond acceptors (Lipinski definition) is 4. The van der Waals surface area contributed by atoms with Crippen LogP contribution < -0.4 is 10.2 Å². The number of hydrazone groups is 1. The summed E-state index contributed by atoms with van der Waals surface area (Å²) in [7, 11) is 1.50. The van der Waals surface area contributed by atoms with E-state index in [1.54, 1.807) is 18.2 Å². The average Bonchev–Trinajstić information content (AvgIpc) is 2.50. The van der Waals surface area contributed by atoms with Crippen molar-refractivity contribution in [3.8, 4) is 11.5 Å². The van der Waals surface area contributed by atoms with Gasteiger partial charge in [-0.15, -0.1) is 0 Å². The quantitative estimate of drug-likeness (QED) is 0.506. The monoisotopic (exact) mass is 300 g/mol. The van der Waals surface area contributed by atoms with Crippen LogP contribution in [0.2, 0.25) is 0 Å². The molecule has 5 heteroatoms. The Morgan fingerprint density at radius 3 is 2.71 bits per heavy atom. The van der Waals surface area contributed by atoms with E-state index < -0.39 is 0 Å². The van der Waals surface area contributed by atoms with E-state index in [9.17, 15) is 5.11 Å². The molecule has 0 heterocycles. The molecule has 0 aliphatic carbocycles. The third-order valence-electron chi connectivity index (χ3n) is 2.85. The van der Waals surface area contributed by atoms with E-state index in [-0.39, 0.29) is 5.75 Å². The second kappa shape index (κ2) is 7.40. The molecular weight excluding hydrogens is 284 g/mol. The minimum atomic E-state index is 0.0551. The fraction of sp³-hybridized carbons (Fsp3) is 0.125. The number of ether oxygens (including phenoxy) is 1. The molecule has 2 aromatic rings. The molecule has 0 unspecified atom stereocenters. The van der Waals surface area contributed by atoms with Crippen LogP contribution in [0.5, 0.6) is 11.5 Å². The number of para-hydroxylation sites is 1. The van der Waals surface area contributed by atoms with Gasteiger partial charge >= 0.3 is 0 Å². The Morgan fingerprint density at radius 1 is 1.24 bits per heavy atom. The van der Waals surface area contributed by atoms with Crippen LogP contribution in [0.3, 0.4) is 0 Å². The van der Waals surface area contributed by atoms with Gasteiger partial charge in [0.05, 0.1) is 13.3 Å². The number of hydrogen-bond donors (Lipinski definition) is 2. The zero-order valence-corrected chi connectivity index (χ0v) is 12.4. The largest absolute Gasteiger partial charge is 0.504 e. The van der Waals surface area contributed by atoms with Gasteiger partial charge in [-0.05, 0) is 17.7 Å². The van der Waals surface area contributed by atoms with Crippen LogP contribution in [0, 0.1) is 0 Å². The zero-order chi connectivity index (χ0) is 15.1. The third kappa shape index (κ3) is 4.29. The molecular formula is C16H16N2O2S. The molecule has 0 saturated heterocycles. The normalized spacial score (nSPS) is 10.5. The van der Waals surface area contributed by atoms with Gasteiger partial charge in [0.25, 0.3) is 0 Å². The van der Waals surface area contributed by atoms with Crippen LogP contribution in [0.4, 0.5) is 0 Å². The summed E-state index contributed by atoms with van der Waals surface area (Å²) in [5.41, 5.74) is 4.47.